The summed E-state index contributed by atoms with van der Waals surface area (Å²) < 4.78 is 38.0. The zero-order valence-electron chi connectivity index (χ0n) is 12.1. The molecule has 1 aliphatic rings. The van der Waals surface area contributed by atoms with Gasteiger partial charge in [-0.2, -0.15) is 13.2 Å². The van der Waals surface area contributed by atoms with Gasteiger partial charge in [-0.1, -0.05) is 0 Å². The molecular weight excluding hydrogens is 362 g/mol. The average molecular weight is 383 g/mol. The van der Waals surface area contributed by atoms with Crippen LogP contribution in [0, 0.1) is 0 Å². The topological polar surface area (TPSA) is 32.5 Å². The summed E-state index contributed by atoms with van der Waals surface area (Å²) in [6.07, 6.45) is -4.31. The third-order valence-electron chi connectivity index (χ3n) is 3.47. The van der Waals surface area contributed by atoms with E-state index in [2.05, 4.69) is 9.80 Å². The number of nitrogens with two attached hydrogens (primary N) is 1. The molecule has 2 rings (SSSR count). The quantitative estimate of drug-likeness (QED) is 0.853. The Balaban J connectivity index is 0. The summed E-state index contributed by atoms with van der Waals surface area (Å²) in [6, 6.07) is 3.83. The smallest absolute Gasteiger partial charge is 0.369 e. The van der Waals surface area contributed by atoms with E-state index in [9.17, 15) is 13.2 Å². The molecule has 0 radical (unpaired) electrons. The summed E-state index contributed by atoms with van der Waals surface area (Å²) in [4.78, 5) is 4.30. The second-order valence-corrected chi connectivity index (χ2v) is 4.84. The zero-order valence-corrected chi connectivity index (χ0v) is 14.5. The van der Waals surface area contributed by atoms with Gasteiger partial charge in [-0.15, -0.1) is 37.2 Å². The van der Waals surface area contributed by atoms with Gasteiger partial charge in [-0.05, 0) is 30.8 Å². The third-order valence-corrected chi connectivity index (χ3v) is 3.47. The molecule has 0 aliphatic carbocycles. The molecule has 0 saturated carbocycles. The Morgan fingerprint density at radius 1 is 1.05 bits per heavy atom. The molecule has 1 aromatic rings. The first-order chi connectivity index (χ1) is 8.91. The van der Waals surface area contributed by atoms with Crippen molar-refractivity contribution in [2.45, 2.75) is 12.7 Å². The number of nitrogens with zero attached hydrogens (tertiary/aromatic N) is 2. The first-order valence-corrected chi connectivity index (χ1v) is 6.25. The van der Waals surface area contributed by atoms with Gasteiger partial charge in [0.05, 0.1) is 5.56 Å². The van der Waals surface area contributed by atoms with Crippen LogP contribution in [0.5, 0.6) is 0 Å². The van der Waals surface area contributed by atoms with Gasteiger partial charge in [0.2, 0.25) is 0 Å². The number of piperazine rings is 1. The highest BCUT2D eigenvalue weighted by Gasteiger charge is 2.31. The van der Waals surface area contributed by atoms with Crippen LogP contribution in [0.15, 0.2) is 18.2 Å². The number of hydrogen-bond acceptors (Lipinski definition) is 3. The van der Waals surface area contributed by atoms with E-state index in [4.69, 9.17) is 5.73 Å². The average Bonchev–Trinajstić information content (AvgIpc) is 2.38. The molecule has 0 atom stereocenters. The predicted molar refractivity (Wildman–Crippen MR) is 90.8 cm³/mol. The summed E-state index contributed by atoms with van der Waals surface area (Å²) in [5.41, 5.74) is 6.34. The van der Waals surface area contributed by atoms with E-state index in [0.717, 1.165) is 44.0 Å². The Kier molecular flexibility index (Phi) is 10.5. The maximum Gasteiger partial charge on any atom is 0.416 e. The van der Waals surface area contributed by atoms with Gasteiger partial charge >= 0.3 is 6.18 Å². The number of hydrogen-bond donors (Lipinski definition) is 1. The Labute approximate surface area is 147 Å². The molecule has 22 heavy (non-hydrogen) atoms. The van der Waals surface area contributed by atoms with Gasteiger partial charge in [0.15, 0.2) is 0 Å². The lowest BCUT2D eigenvalue weighted by Gasteiger charge is -2.35. The highest BCUT2D eigenvalue weighted by atomic mass is 35.5. The van der Waals surface area contributed by atoms with Crippen LogP contribution in [0.1, 0.15) is 11.1 Å². The molecule has 1 aliphatic heterocycles. The third kappa shape index (κ3) is 5.66. The Bertz CT molecular complexity index is 450. The maximum absolute atomic E-state index is 12.7. The van der Waals surface area contributed by atoms with E-state index in [1.807, 2.05) is 7.05 Å². The standard InChI is InChI=1S/C13H18F3N3.3ClH/c1-18-4-6-19(7-5-18)12-3-2-11(13(14,15)16)8-10(12)9-17;;;/h2-3,8H,4-7,9,17H2,1H3;3*1H. The highest BCUT2D eigenvalue weighted by molar-refractivity contribution is 5.86. The van der Waals surface area contributed by atoms with Crippen molar-refractivity contribution in [1.82, 2.24) is 4.90 Å². The largest absolute Gasteiger partial charge is 0.416 e. The highest BCUT2D eigenvalue weighted by Crippen LogP contribution is 2.33. The second kappa shape index (κ2) is 9.67. The molecule has 0 unspecified atom stereocenters. The molecule has 1 fully saturated rings. The molecule has 1 aromatic carbocycles. The van der Waals surface area contributed by atoms with Crippen LogP contribution in [0.2, 0.25) is 0 Å². The molecule has 1 saturated heterocycles. The van der Waals surface area contributed by atoms with Crippen LogP contribution in [-0.2, 0) is 12.7 Å². The minimum atomic E-state index is -4.31. The Morgan fingerprint density at radius 3 is 2.05 bits per heavy atom. The van der Waals surface area contributed by atoms with Crippen molar-refractivity contribution in [3.8, 4) is 0 Å². The number of anilines is 1. The first-order valence-electron chi connectivity index (χ1n) is 6.25. The lowest BCUT2D eigenvalue weighted by atomic mass is 10.1. The van der Waals surface area contributed by atoms with Crippen LogP contribution in [0.4, 0.5) is 18.9 Å². The molecule has 0 spiro atoms. The molecule has 0 bridgehead atoms. The predicted octanol–water partition coefficient (Wildman–Crippen LogP) is 3.18. The number of likely N-dealkylation sites (N-methyl/N-ethyl adjacent to an activating group) is 1. The molecular formula is C13H21Cl3F3N3. The fourth-order valence-electron chi connectivity index (χ4n) is 2.28. The van der Waals surface area contributed by atoms with Crippen molar-refractivity contribution >= 4 is 42.9 Å². The number of alkyl halides is 3. The van der Waals surface area contributed by atoms with Crippen molar-refractivity contribution in [3.05, 3.63) is 29.3 Å². The molecule has 3 nitrogen and oxygen atoms in total. The van der Waals surface area contributed by atoms with Crippen molar-refractivity contribution in [2.75, 3.05) is 38.1 Å². The summed E-state index contributed by atoms with van der Waals surface area (Å²) in [5, 5.41) is 0. The van der Waals surface area contributed by atoms with E-state index in [1.54, 1.807) is 0 Å². The molecule has 130 valence electrons. The Hall–Kier alpha value is -0.400. The summed E-state index contributed by atoms with van der Waals surface area (Å²) in [6.45, 7) is 3.56. The maximum atomic E-state index is 12.7. The number of halogens is 6. The van der Waals surface area contributed by atoms with Gasteiger partial charge < -0.3 is 15.5 Å². The van der Waals surface area contributed by atoms with Gasteiger partial charge in [0.25, 0.3) is 0 Å². The van der Waals surface area contributed by atoms with Crippen molar-refractivity contribution in [3.63, 3.8) is 0 Å². The minimum Gasteiger partial charge on any atom is -0.369 e. The first kappa shape index (κ1) is 23.9. The van der Waals surface area contributed by atoms with E-state index >= 15 is 0 Å². The van der Waals surface area contributed by atoms with Crippen molar-refractivity contribution in [1.29, 1.82) is 0 Å². The molecule has 1 heterocycles. The van der Waals surface area contributed by atoms with Crippen molar-refractivity contribution in [2.24, 2.45) is 5.73 Å². The fourth-order valence-corrected chi connectivity index (χ4v) is 2.28. The van der Waals surface area contributed by atoms with Crippen LogP contribution >= 0.6 is 37.2 Å². The normalized spacial score (nSPS) is 15.4. The summed E-state index contributed by atoms with van der Waals surface area (Å²) in [5.74, 6) is 0. The van der Waals surface area contributed by atoms with E-state index < -0.39 is 11.7 Å². The molecule has 9 heteroatoms. The summed E-state index contributed by atoms with van der Waals surface area (Å²) >= 11 is 0. The molecule has 2 N–H and O–H groups in total. The van der Waals surface area contributed by atoms with Gasteiger partial charge in [-0.3, -0.25) is 0 Å². The van der Waals surface area contributed by atoms with Crippen LogP contribution < -0.4 is 10.6 Å². The molecule has 0 amide bonds. The van der Waals surface area contributed by atoms with Gasteiger partial charge in [0, 0.05) is 38.4 Å². The van der Waals surface area contributed by atoms with Gasteiger partial charge in [-0.25, -0.2) is 0 Å². The monoisotopic (exact) mass is 381 g/mol. The number of benzene rings is 1. The SMILES string of the molecule is CN1CCN(c2ccc(C(F)(F)F)cc2CN)CC1.Cl.Cl.Cl. The van der Waals surface area contributed by atoms with E-state index in [-0.39, 0.29) is 43.8 Å². The van der Waals surface area contributed by atoms with Gasteiger partial charge in [0.1, 0.15) is 0 Å². The number of rotatable bonds is 2. The van der Waals surface area contributed by atoms with Crippen LogP contribution in [0.3, 0.4) is 0 Å². The fraction of sp³-hybridized carbons (Fsp3) is 0.538. The summed E-state index contributed by atoms with van der Waals surface area (Å²) in [7, 11) is 2.04. The van der Waals surface area contributed by atoms with Crippen LogP contribution in [-0.4, -0.2) is 38.1 Å². The second-order valence-electron chi connectivity index (χ2n) is 4.84. The lowest BCUT2D eigenvalue weighted by molar-refractivity contribution is -0.137. The van der Waals surface area contributed by atoms with E-state index in [0.29, 0.717) is 5.56 Å². The van der Waals surface area contributed by atoms with Crippen molar-refractivity contribution < 1.29 is 13.2 Å². The Morgan fingerprint density at radius 2 is 1.59 bits per heavy atom. The lowest BCUT2D eigenvalue weighted by Crippen LogP contribution is -2.44. The van der Waals surface area contributed by atoms with E-state index in [1.165, 1.54) is 6.07 Å². The zero-order chi connectivity index (χ0) is 14.0. The minimum absolute atomic E-state index is 0. The molecule has 0 aromatic heterocycles. The van der Waals surface area contributed by atoms with Crippen LogP contribution in [0.25, 0.3) is 0 Å².